The molecular weight excluding hydrogens is 304 g/mol. The number of nitrogens with zero attached hydrogens (tertiary/aromatic N) is 2. The molecule has 3 rings (SSSR count). The molecule has 25 heavy (non-hydrogen) atoms. The largest absolute Gasteiger partial charge is 0.288 e. The van der Waals surface area contributed by atoms with Crippen LogP contribution in [0.25, 0.3) is 6.08 Å². The quantitative estimate of drug-likeness (QED) is 0.421. The summed E-state index contributed by atoms with van der Waals surface area (Å²) in [4.78, 5) is 0. The lowest BCUT2D eigenvalue weighted by atomic mass is 10.1. The van der Waals surface area contributed by atoms with Gasteiger partial charge in [0.15, 0.2) is 0 Å². The molecule has 0 amide bonds. The van der Waals surface area contributed by atoms with E-state index in [1.807, 2.05) is 36.6 Å². The van der Waals surface area contributed by atoms with Crippen molar-refractivity contribution >= 4 is 12.3 Å². The summed E-state index contributed by atoms with van der Waals surface area (Å²) in [6.45, 7) is 5.34. The van der Waals surface area contributed by atoms with E-state index in [1.54, 1.807) is 0 Å². The standard InChI is InChI=1S/C23H22N2/c1-2-20-13-15-21(16-14-20)17-24-25(18-22-9-5-3-6-10-22)19-23-11-7-4-8-12-23/h2-17H,1,18-19H2/b24-17+. The molecule has 3 aromatic carbocycles. The fourth-order valence-electron chi connectivity index (χ4n) is 2.59. The molecule has 2 heteroatoms. The topological polar surface area (TPSA) is 15.6 Å². The Bertz CT molecular complexity index is 764. The van der Waals surface area contributed by atoms with Crippen LogP contribution in [0.5, 0.6) is 0 Å². The zero-order valence-electron chi connectivity index (χ0n) is 14.3. The van der Waals surface area contributed by atoms with Crippen LogP contribution < -0.4 is 0 Å². The van der Waals surface area contributed by atoms with Gasteiger partial charge in [-0.2, -0.15) is 5.10 Å². The van der Waals surface area contributed by atoms with Crippen LogP contribution in [0.4, 0.5) is 0 Å². The molecule has 124 valence electrons. The Morgan fingerprint density at radius 2 is 1.16 bits per heavy atom. The summed E-state index contributed by atoms with van der Waals surface area (Å²) in [6, 6.07) is 29.1. The molecule has 0 atom stereocenters. The smallest absolute Gasteiger partial charge is 0.0614 e. The molecule has 0 unspecified atom stereocenters. The van der Waals surface area contributed by atoms with E-state index in [2.05, 4.69) is 72.3 Å². The van der Waals surface area contributed by atoms with Gasteiger partial charge in [0, 0.05) is 0 Å². The lowest BCUT2D eigenvalue weighted by molar-refractivity contribution is 0.272. The summed E-state index contributed by atoms with van der Waals surface area (Å²) in [7, 11) is 0. The fourth-order valence-corrected chi connectivity index (χ4v) is 2.59. The second-order valence-corrected chi connectivity index (χ2v) is 5.91. The second-order valence-electron chi connectivity index (χ2n) is 5.91. The molecule has 0 aliphatic rings. The number of hydrogen-bond donors (Lipinski definition) is 0. The van der Waals surface area contributed by atoms with E-state index in [9.17, 15) is 0 Å². The van der Waals surface area contributed by atoms with Gasteiger partial charge in [-0.25, -0.2) is 0 Å². The Morgan fingerprint density at radius 3 is 1.64 bits per heavy atom. The van der Waals surface area contributed by atoms with Crippen LogP contribution in [0.15, 0.2) is 96.6 Å². The van der Waals surface area contributed by atoms with Crippen LogP contribution in [-0.4, -0.2) is 11.2 Å². The highest BCUT2D eigenvalue weighted by atomic mass is 15.4. The SMILES string of the molecule is C=Cc1ccc(/C=N/N(Cc2ccccc2)Cc2ccccc2)cc1. The second kappa shape index (κ2) is 8.65. The molecule has 0 saturated heterocycles. The minimum absolute atomic E-state index is 0.775. The third-order valence-corrected chi connectivity index (χ3v) is 3.96. The number of hydrogen-bond acceptors (Lipinski definition) is 2. The molecule has 0 aliphatic carbocycles. The molecule has 0 radical (unpaired) electrons. The molecule has 0 aliphatic heterocycles. The van der Waals surface area contributed by atoms with Crippen molar-refractivity contribution in [3.05, 3.63) is 114 Å². The van der Waals surface area contributed by atoms with E-state index in [0.717, 1.165) is 24.2 Å². The summed E-state index contributed by atoms with van der Waals surface area (Å²) in [5.74, 6) is 0. The highest BCUT2D eigenvalue weighted by Crippen LogP contribution is 2.11. The van der Waals surface area contributed by atoms with Crippen LogP contribution >= 0.6 is 0 Å². The van der Waals surface area contributed by atoms with Crippen LogP contribution in [0.3, 0.4) is 0 Å². The van der Waals surface area contributed by atoms with Gasteiger partial charge in [-0.3, -0.25) is 5.01 Å². The van der Waals surface area contributed by atoms with Crippen molar-refractivity contribution in [1.29, 1.82) is 0 Å². The number of hydrazone groups is 1. The molecule has 3 aromatic rings. The first-order valence-electron chi connectivity index (χ1n) is 8.43. The van der Waals surface area contributed by atoms with E-state index in [-0.39, 0.29) is 0 Å². The summed E-state index contributed by atoms with van der Waals surface area (Å²) < 4.78 is 0. The van der Waals surface area contributed by atoms with Gasteiger partial charge in [-0.1, -0.05) is 97.6 Å². The van der Waals surface area contributed by atoms with Crippen molar-refractivity contribution in [1.82, 2.24) is 5.01 Å². The van der Waals surface area contributed by atoms with Gasteiger partial charge in [0.2, 0.25) is 0 Å². The molecular formula is C23H22N2. The third-order valence-electron chi connectivity index (χ3n) is 3.96. The minimum atomic E-state index is 0.775. The Kier molecular flexibility index (Phi) is 5.78. The van der Waals surface area contributed by atoms with Gasteiger partial charge in [-0.05, 0) is 22.3 Å². The maximum absolute atomic E-state index is 4.72. The van der Waals surface area contributed by atoms with E-state index in [0.29, 0.717) is 0 Å². The first-order valence-corrected chi connectivity index (χ1v) is 8.43. The van der Waals surface area contributed by atoms with Crippen molar-refractivity contribution in [2.75, 3.05) is 0 Å². The Labute approximate surface area is 149 Å². The van der Waals surface area contributed by atoms with E-state index in [1.165, 1.54) is 11.1 Å². The normalized spacial score (nSPS) is 10.7. The number of benzene rings is 3. The van der Waals surface area contributed by atoms with Crippen LogP contribution in [0.2, 0.25) is 0 Å². The predicted molar refractivity (Wildman–Crippen MR) is 106 cm³/mol. The summed E-state index contributed by atoms with van der Waals surface area (Å²) in [5.41, 5.74) is 4.69. The third kappa shape index (κ3) is 5.18. The average molecular weight is 326 g/mol. The first-order chi connectivity index (χ1) is 12.3. The molecule has 0 fully saturated rings. The van der Waals surface area contributed by atoms with Crippen molar-refractivity contribution in [2.24, 2.45) is 5.10 Å². The Morgan fingerprint density at radius 1 is 0.680 bits per heavy atom. The monoisotopic (exact) mass is 326 g/mol. The van der Waals surface area contributed by atoms with Crippen LogP contribution in [0, 0.1) is 0 Å². The maximum atomic E-state index is 4.72. The molecule has 0 heterocycles. The molecule has 0 aromatic heterocycles. The summed E-state index contributed by atoms with van der Waals surface area (Å²) in [6.07, 6.45) is 3.76. The number of rotatable bonds is 7. The highest BCUT2D eigenvalue weighted by molar-refractivity contribution is 5.79. The summed E-state index contributed by atoms with van der Waals surface area (Å²) in [5, 5.41) is 6.81. The van der Waals surface area contributed by atoms with Gasteiger partial charge >= 0.3 is 0 Å². The van der Waals surface area contributed by atoms with Gasteiger partial charge in [-0.15, -0.1) is 0 Å². The minimum Gasteiger partial charge on any atom is -0.288 e. The van der Waals surface area contributed by atoms with Crippen molar-refractivity contribution in [3.8, 4) is 0 Å². The van der Waals surface area contributed by atoms with Crippen molar-refractivity contribution < 1.29 is 0 Å². The average Bonchev–Trinajstić information content (AvgIpc) is 2.68. The zero-order chi connectivity index (χ0) is 17.3. The lowest BCUT2D eigenvalue weighted by Crippen LogP contribution is -2.17. The molecule has 0 spiro atoms. The van der Waals surface area contributed by atoms with Gasteiger partial charge in [0.25, 0.3) is 0 Å². The molecule has 0 bridgehead atoms. The first kappa shape index (κ1) is 16.7. The van der Waals surface area contributed by atoms with Gasteiger partial charge in [0.1, 0.15) is 0 Å². The fraction of sp³-hybridized carbons (Fsp3) is 0.0870. The summed E-state index contributed by atoms with van der Waals surface area (Å²) >= 11 is 0. The van der Waals surface area contributed by atoms with Gasteiger partial charge in [0.05, 0.1) is 19.3 Å². The maximum Gasteiger partial charge on any atom is 0.0614 e. The highest BCUT2D eigenvalue weighted by Gasteiger charge is 2.04. The predicted octanol–water partition coefficient (Wildman–Crippen LogP) is 5.37. The zero-order valence-corrected chi connectivity index (χ0v) is 14.3. The lowest BCUT2D eigenvalue weighted by Gasteiger charge is -2.19. The molecule has 2 nitrogen and oxygen atoms in total. The van der Waals surface area contributed by atoms with Gasteiger partial charge < -0.3 is 0 Å². The van der Waals surface area contributed by atoms with Crippen LogP contribution in [0.1, 0.15) is 22.3 Å². The molecule has 0 N–H and O–H groups in total. The van der Waals surface area contributed by atoms with Crippen molar-refractivity contribution in [3.63, 3.8) is 0 Å². The molecule has 0 saturated carbocycles. The van der Waals surface area contributed by atoms with E-state index in [4.69, 9.17) is 5.10 Å². The van der Waals surface area contributed by atoms with E-state index < -0.39 is 0 Å². The Hall–Kier alpha value is -3.13. The van der Waals surface area contributed by atoms with Crippen LogP contribution in [-0.2, 0) is 13.1 Å². The van der Waals surface area contributed by atoms with E-state index >= 15 is 0 Å². The van der Waals surface area contributed by atoms with Crippen molar-refractivity contribution in [2.45, 2.75) is 13.1 Å². The Balaban J connectivity index is 1.76.